The number of benzene rings is 2. The molecule has 3 rings (SSSR count). The molecular weight excluding hydrogens is 290 g/mol. The number of hydrogen-bond acceptors (Lipinski definition) is 3. The molecule has 2 aromatic carbocycles. The van der Waals surface area contributed by atoms with Crippen LogP contribution in [0.4, 0.5) is 0 Å². The predicted octanol–water partition coefficient (Wildman–Crippen LogP) is 4.13. The van der Waals surface area contributed by atoms with Crippen LogP contribution in [-0.2, 0) is 13.5 Å². The first kappa shape index (κ1) is 14.9. The van der Waals surface area contributed by atoms with Gasteiger partial charge in [-0.2, -0.15) is 0 Å². The van der Waals surface area contributed by atoms with E-state index in [1.165, 1.54) is 11.1 Å². The van der Waals surface area contributed by atoms with Gasteiger partial charge < -0.3 is 4.57 Å². The van der Waals surface area contributed by atoms with E-state index in [9.17, 15) is 0 Å². The number of nitrogens with zero attached hydrogens (tertiary/aromatic N) is 3. The molecule has 0 fully saturated rings. The molecule has 112 valence electrons. The molecule has 1 aromatic heterocycles. The van der Waals surface area contributed by atoms with Crippen molar-refractivity contribution in [3.05, 3.63) is 65.7 Å². The summed E-state index contributed by atoms with van der Waals surface area (Å²) in [6, 6.07) is 18.9. The Hall–Kier alpha value is -2.07. The average Bonchev–Trinajstić information content (AvgIpc) is 2.90. The Morgan fingerprint density at radius 2 is 1.82 bits per heavy atom. The van der Waals surface area contributed by atoms with Crippen LogP contribution in [0.1, 0.15) is 11.1 Å². The van der Waals surface area contributed by atoms with Gasteiger partial charge in [-0.15, -0.1) is 10.2 Å². The number of aromatic nitrogens is 3. The Bertz CT molecular complexity index is 750. The first-order valence-corrected chi connectivity index (χ1v) is 8.36. The van der Waals surface area contributed by atoms with Gasteiger partial charge in [0.25, 0.3) is 0 Å². The highest BCUT2D eigenvalue weighted by Crippen LogP contribution is 2.23. The van der Waals surface area contributed by atoms with Crippen molar-refractivity contribution in [3.63, 3.8) is 0 Å². The minimum absolute atomic E-state index is 0.922. The van der Waals surface area contributed by atoms with Crippen LogP contribution in [0.15, 0.2) is 59.8 Å². The fourth-order valence-corrected chi connectivity index (χ4v) is 3.28. The van der Waals surface area contributed by atoms with E-state index in [2.05, 4.69) is 70.2 Å². The van der Waals surface area contributed by atoms with E-state index in [1.807, 2.05) is 13.1 Å². The third kappa shape index (κ3) is 3.39. The average molecular weight is 309 g/mol. The quantitative estimate of drug-likeness (QED) is 0.664. The van der Waals surface area contributed by atoms with E-state index in [-0.39, 0.29) is 0 Å². The van der Waals surface area contributed by atoms with Gasteiger partial charge >= 0.3 is 0 Å². The van der Waals surface area contributed by atoms with Gasteiger partial charge in [-0.25, -0.2) is 0 Å². The zero-order chi connectivity index (χ0) is 15.4. The fourth-order valence-electron chi connectivity index (χ4n) is 2.38. The van der Waals surface area contributed by atoms with Crippen LogP contribution in [-0.4, -0.2) is 20.5 Å². The van der Waals surface area contributed by atoms with E-state index in [0.717, 1.165) is 28.7 Å². The predicted molar refractivity (Wildman–Crippen MR) is 92.0 cm³/mol. The molecule has 0 aliphatic rings. The molecule has 0 saturated heterocycles. The number of thioether (sulfide) groups is 1. The van der Waals surface area contributed by atoms with Gasteiger partial charge in [-0.3, -0.25) is 0 Å². The summed E-state index contributed by atoms with van der Waals surface area (Å²) < 4.78 is 2.07. The van der Waals surface area contributed by atoms with Crippen LogP contribution in [0.25, 0.3) is 11.4 Å². The summed E-state index contributed by atoms with van der Waals surface area (Å²) in [5, 5.41) is 9.64. The lowest BCUT2D eigenvalue weighted by atomic mass is 10.1. The Balaban J connectivity index is 1.68. The van der Waals surface area contributed by atoms with Gasteiger partial charge in [-0.1, -0.05) is 65.9 Å². The van der Waals surface area contributed by atoms with E-state index in [0.29, 0.717) is 0 Å². The summed E-state index contributed by atoms with van der Waals surface area (Å²) in [5.74, 6) is 1.93. The lowest BCUT2D eigenvalue weighted by Crippen LogP contribution is -1.96. The highest BCUT2D eigenvalue weighted by Gasteiger charge is 2.11. The van der Waals surface area contributed by atoms with E-state index in [4.69, 9.17) is 0 Å². The summed E-state index contributed by atoms with van der Waals surface area (Å²) in [7, 11) is 2.03. The molecule has 0 aliphatic heterocycles. The number of hydrogen-bond donors (Lipinski definition) is 0. The van der Waals surface area contributed by atoms with Crippen molar-refractivity contribution in [2.24, 2.45) is 7.05 Å². The van der Waals surface area contributed by atoms with E-state index in [1.54, 1.807) is 11.8 Å². The highest BCUT2D eigenvalue weighted by molar-refractivity contribution is 7.99. The minimum atomic E-state index is 0.922. The zero-order valence-electron chi connectivity index (χ0n) is 12.9. The van der Waals surface area contributed by atoms with E-state index >= 15 is 0 Å². The Kier molecular flexibility index (Phi) is 4.59. The van der Waals surface area contributed by atoms with Gasteiger partial charge in [0, 0.05) is 18.4 Å². The lowest BCUT2D eigenvalue weighted by Gasteiger charge is -2.05. The second-order valence-electron chi connectivity index (χ2n) is 5.32. The summed E-state index contributed by atoms with van der Waals surface area (Å²) in [6.45, 7) is 2.09. The van der Waals surface area contributed by atoms with Crippen LogP contribution in [0.5, 0.6) is 0 Å². The third-order valence-electron chi connectivity index (χ3n) is 3.58. The molecule has 4 heteroatoms. The summed E-state index contributed by atoms with van der Waals surface area (Å²) >= 11 is 1.75. The summed E-state index contributed by atoms with van der Waals surface area (Å²) in [6.07, 6.45) is 1.04. The maximum Gasteiger partial charge on any atom is 0.191 e. The molecule has 1 heterocycles. The van der Waals surface area contributed by atoms with Gasteiger partial charge in [0.15, 0.2) is 11.0 Å². The summed E-state index contributed by atoms with van der Waals surface area (Å²) in [4.78, 5) is 0. The highest BCUT2D eigenvalue weighted by atomic mass is 32.2. The van der Waals surface area contributed by atoms with Gasteiger partial charge in [0.1, 0.15) is 0 Å². The maximum absolute atomic E-state index is 4.34. The molecule has 3 aromatic rings. The van der Waals surface area contributed by atoms with Gasteiger partial charge in [0.05, 0.1) is 0 Å². The molecule has 0 aliphatic carbocycles. The molecule has 0 unspecified atom stereocenters. The van der Waals surface area contributed by atoms with E-state index < -0.39 is 0 Å². The van der Waals surface area contributed by atoms with Crippen molar-refractivity contribution < 1.29 is 0 Å². The zero-order valence-corrected chi connectivity index (χ0v) is 13.7. The van der Waals surface area contributed by atoms with Crippen molar-refractivity contribution in [2.45, 2.75) is 18.5 Å². The van der Waals surface area contributed by atoms with Crippen molar-refractivity contribution in [1.29, 1.82) is 0 Å². The van der Waals surface area contributed by atoms with Crippen LogP contribution in [0.3, 0.4) is 0 Å². The van der Waals surface area contributed by atoms with Gasteiger partial charge in [-0.05, 0) is 25.0 Å². The Morgan fingerprint density at radius 3 is 2.59 bits per heavy atom. The molecule has 0 spiro atoms. The topological polar surface area (TPSA) is 30.7 Å². The largest absolute Gasteiger partial charge is 0.305 e. The van der Waals surface area contributed by atoms with Crippen molar-refractivity contribution in [3.8, 4) is 11.4 Å². The SMILES string of the molecule is Cc1cccc(-c2nnc(SCCc3ccccc3)n2C)c1. The second kappa shape index (κ2) is 6.79. The van der Waals surface area contributed by atoms with Crippen molar-refractivity contribution >= 4 is 11.8 Å². The molecule has 0 saturated carbocycles. The van der Waals surface area contributed by atoms with Crippen LogP contribution < -0.4 is 0 Å². The Morgan fingerprint density at radius 1 is 1.00 bits per heavy atom. The molecule has 0 radical (unpaired) electrons. The van der Waals surface area contributed by atoms with Crippen LogP contribution in [0.2, 0.25) is 0 Å². The fraction of sp³-hybridized carbons (Fsp3) is 0.222. The molecule has 0 amide bonds. The lowest BCUT2D eigenvalue weighted by molar-refractivity contribution is 0.793. The smallest absolute Gasteiger partial charge is 0.191 e. The second-order valence-corrected chi connectivity index (χ2v) is 6.38. The maximum atomic E-state index is 4.34. The van der Waals surface area contributed by atoms with Crippen LogP contribution in [0, 0.1) is 6.92 Å². The normalized spacial score (nSPS) is 10.8. The Labute approximate surface area is 135 Å². The van der Waals surface area contributed by atoms with Crippen molar-refractivity contribution in [1.82, 2.24) is 14.8 Å². The summed E-state index contributed by atoms with van der Waals surface area (Å²) in [5.41, 5.74) is 3.71. The molecule has 3 nitrogen and oxygen atoms in total. The molecular formula is C18H19N3S. The first-order chi connectivity index (χ1) is 10.7. The molecule has 0 atom stereocenters. The standard InChI is InChI=1S/C18H19N3S/c1-14-7-6-10-16(13-14)17-19-20-18(21(17)2)22-12-11-15-8-4-3-5-9-15/h3-10,13H,11-12H2,1-2H3. The third-order valence-corrected chi connectivity index (χ3v) is 4.60. The molecule has 22 heavy (non-hydrogen) atoms. The van der Waals surface area contributed by atoms with Crippen molar-refractivity contribution in [2.75, 3.05) is 5.75 Å². The minimum Gasteiger partial charge on any atom is -0.305 e. The van der Waals surface area contributed by atoms with Gasteiger partial charge in [0.2, 0.25) is 0 Å². The number of rotatable bonds is 5. The van der Waals surface area contributed by atoms with Crippen LogP contribution >= 0.6 is 11.8 Å². The monoisotopic (exact) mass is 309 g/mol. The molecule has 0 N–H and O–H groups in total. The number of aryl methyl sites for hydroxylation is 2. The first-order valence-electron chi connectivity index (χ1n) is 7.37. The molecule has 0 bridgehead atoms.